The van der Waals surface area contributed by atoms with Crippen molar-refractivity contribution in [3.8, 4) is 5.75 Å². The summed E-state index contributed by atoms with van der Waals surface area (Å²) < 4.78 is 37.7. The number of amides is 1. The number of nitrogens with one attached hydrogen (secondary N) is 2. The van der Waals surface area contributed by atoms with Crippen molar-refractivity contribution < 1.29 is 22.4 Å². The van der Waals surface area contributed by atoms with Crippen LogP contribution in [0, 0.1) is 0 Å². The molecule has 1 aromatic heterocycles. The molecule has 0 spiro atoms. The predicted molar refractivity (Wildman–Crippen MR) is 105 cm³/mol. The molecule has 28 heavy (non-hydrogen) atoms. The summed E-state index contributed by atoms with van der Waals surface area (Å²) in [6.07, 6.45) is 1.45. The monoisotopic (exact) mass is 420 g/mol. The van der Waals surface area contributed by atoms with E-state index >= 15 is 0 Å². The van der Waals surface area contributed by atoms with Gasteiger partial charge < -0.3 is 14.5 Å². The minimum absolute atomic E-state index is 0.00735. The number of sulfonamides is 1. The number of ether oxygens (including phenoxy) is 1. The van der Waals surface area contributed by atoms with Gasteiger partial charge in [-0.2, -0.15) is 0 Å². The van der Waals surface area contributed by atoms with Crippen molar-refractivity contribution in [3.63, 3.8) is 0 Å². The van der Waals surface area contributed by atoms with Crippen molar-refractivity contribution in [1.29, 1.82) is 0 Å². The number of anilines is 1. The number of benzene rings is 2. The number of methoxy groups -OCH3 is 1. The van der Waals surface area contributed by atoms with Gasteiger partial charge in [0.05, 0.1) is 24.9 Å². The van der Waals surface area contributed by atoms with Gasteiger partial charge in [-0.3, -0.25) is 4.79 Å². The van der Waals surface area contributed by atoms with Crippen LogP contribution in [0.4, 0.5) is 5.69 Å². The molecule has 2 N–H and O–H groups in total. The highest BCUT2D eigenvalue weighted by atomic mass is 35.5. The molecule has 146 valence electrons. The maximum absolute atomic E-state index is 12.6. The SMILES string of the molecule is COc1ccc(NC(=O)c2ccc(Cl)c(S(=O)(=O)NCc3ccco3)c2)cc1. The van der Waals surface area contributed by atoms with Crippen LogP contribution >= 0.6 is 11.6 Å². The van der Waals surface area contributed by atoms with E-state index in [4.69, 9.17) is 20.8 Å². The van der Waals surface area contributed by atoms with E-state index in [0.717, 1.165) is 0 Å². The quantitative estimate of drug-likeness (QED) is 0.607. The second kappa shape index (κ2) is 8.47. The van der Waals surface area contributed by atoms with Gasteiger partial charge in [0.2, 0.25) is 10.0 Å². The zero-order valence-corrected chi connectivity index (χ0v) is 16.4. The lowest BCUT2D eigenvalue weighted by Crippen LogP contribution is -2.24. The van der Waals surface area contributed by atoms with E-state index in [9.17, 15) is 13.2 Å². The molecule has 3 rings (SSSR count). The Labute approximate surface area is 167 Å². The Hall–Kier alpha value is -2.81. The molecule has 0 aliphatic rings. The van der Waals surface area contributed by atoms with Gasteiger partial charge in [-0.1, -0.05) is 11.6 Å². The summed E-state index contributed by atoms with van der Waals surface area (Å²) in [6.45, 7) is -0.0338. The largest absolute Gasteiger partial charge is 0.497 e. The zero-order valence-electron chi connectivity index (χ0n) is 14.8. The third-order valence-electron chi connectivity index (χ3n) is 3.85. The van der Waals surface area contributed by atoms with Gasteiger partial charge in [0.25, 0.3) is 5.91 Å². The zero-order chi connectivity index (χ0) is 20.1. The smallest absolute Gasteiger partial charge is 0.255 e. The third-order valence-corrected chi connectivity index (χ3v) is 5.73. The Balaban J connectivity index is 1.78. The molecule has 9 heteroatoms. The number of carbonyl (C=O) groups is 1. The molecular formula is C19H17ClN2O5S. The Morgan fingerprint density at radius 3 is 2.54 bits per heavy atom. The van der Waals surface area contributed by atoms with Crippen LogP contribution in [-0.4, -0.2) is 21.4 Å². The van der Waals surface area contributed by atoms with E-state index in [1.807, 2.05) is 0 Å². The molecule has 0 saturated heterocycles. The Bertz CT molecular complexity index is 1060. The Morgan fingerprint density at radius 2 is 1.89 bits per heavy atom. The number of halogens is 1. The number of hydrogen-bond acceptors (Lipinski definition) is 5. The van der Waals surface area contributed by atoms with Gasteiger partial charge in [0.1, 0.15) is 16.4 Å². The average molecular weight is 421 g/mol. The highest BCUT2D eigenvalue weighted by Crippen LogP contribution is 2.24. The van der Waals surface area contributed by atoms with Crippen molar-refractivity contribution in [2.75, 3.05) is 12.4 Å². The topological polar surface area (TPSA) is 97.6 Å². The normalized spacial score (nSPS) is 11.2. The molecule has 0 atom stereocenters. The second-order valence-electron chi connectivity index (χ2n) is 5.73. The first-order valence-corrected chi connectivity index (χ1v) is 10.0. The van der Waals surface area contributed by atoms with Crippen molar-refractivity contribution in [2.24, 2.45) is 0 Å². The molecule has 3 aromatic rings. The van der Waals surface area contributed by atoms with Gasteiger partial charge in [-0.05, 0) is 54.6 Å². The molecule has 1 amide bonds. The molecule has 0 radical (unpaired) electrons. The second-order valence-corrected chi connectivity index (χ2v) is 7.87. The third kappa shape index (κ3) is 4.72. The standard InChI is InChI=1S/C19H17ClN2O5S/c1-26-15-7-5-14(6-8-15)22-19(23)13-4-9-17(20)18(11-13)28(24,25)21-12-16-3-2-10-27-16/h2-11,21H,12H2,1H3,(H,22,23). The van der Waals surface area contributed by atoms with Crippen molar-refractivity contribution >= 4 is 33.2 Å². The summed E-state index contributed by atoms with van der Waals surface area (Å²) in [6, 6.07) is 14.1. The van der Waals surface area contributed by atoms with Gasteiger partial charge >= 0.3 is 0 Å². The van der Waals surface area contributed by atoms with Gasteiger partial charge in [0, 0.05) is 11.3 Å². The minimum Gasteiger partial charge on any atom is -0.497 e. The van der Waals surface area contributed by atoms with E-state index in [1.165, 1.54) is 24.5 Å². The van der Waals surface area contributed by atoms with E-state index in [1.54, 1.807) is 43.5 Å². The van der Waals surface area contributed by atoms with Crippen LogP contribution in [0.5, 0.6) is 5.75 Å². The molecule has 0 aliphatic carbocycles. The Morgan fingerprint density at radius 1 is 1.14 bits per heavy atom. The lowest BCUT2D eigenvalue weighted by Gasteiger charge is -2.10. The molecule has 1 heterocycles. The van der Waals surface area contributed by atoms with Crippen LogP contribution in [0.25, 0.3) is 0 Å². The lowest BCUT2D eigenvalue weighted by molar-refractivity contribution is 0.102. The first kappa shape index (κ1) is 19.9. The number of rotatable bonds is 7. The molecule has 2 aromatic carbocycles. The van der Waals surface area contributed by atoms with E-state index in [0.29, 0.717) is 17.2 Å². The highest BCUT2D eigenvalue weighted by molar-refractivity contribution is 7.89. The first-order valence-electron chi connectivity index (χ1n) is 8.16. The van der Waals surface area contributed by atoms with Crippen LogP contribution in [0.3, 0.4) is 0 Å². The first-order chi connectivity index (χ1) is 13.4. The summed E-state index contributed by atoms with van der Waals surface area (Å²) in [5, 5.41) is 2.70. The van der Waals surface area contributed by atoms with Crippen molar-refractivity contribution in [3.05, 3.63) is 77.2 Å². The molecular weight excluding hydrogens is 404 g/mol. The molecule has 0 unspecified atom stereocenters. The molecule has 0 aliphatic heterocycles. The molecule has 0 bridgehead atoms. The summed E-state index contributed by atoms with van der Waals surface area (Å²) in [4.78, 5) is 12.3. The summed E-state index contributed by atoms with van der Waals surface area (Å²) in [7, 11) is -2.40. The van der Waals surface area contributed by atoms with E-state index in [-0.39, 0.29) is 22.0 Å². The fourth-order valence-corrected chi connectivity index (χ4v) is 3.90. The minimum atomic E-state index is -3.94. The molecule has 0 saturated carbocycles. The summed E-state index contributed by atoms with van der Waals surface area (Å²) in [5.41, 5.74) is 0.694. The number of carbonyl (C=O) groups excluding carboxylic acids is 1. The van der Waals surface area contributed by atoms with E-state index < -0.39 is 15.9 Å². The molecule has 7 nitrogen and oxygen atoms in total. The maximum atomic E-state index is 12.6. The van der Waals surface area contributed by atoms with Crippen LogP contribution in [0.15, 0.2) is 70.2 Å². The van der Waals surface area contributed by atoms with Crippen LogP contribution in [0.1, 0.15) is 16.1 Å². The van der Waals surface area contributed by atoms with E-state index in [2.05, 4.69) is 10.0 Å². The Kier molecular flexibility index (Phi) is 6.03. The average Bonchev–Trinajstić information content (AvgIpc) is 3.21. The fraction of sp³-hybridized carbons (Fsp3) is 0.105. The summed E-state index contributed by atoms with van der Waals surface area (Å²) in [5.74, 6) is 0.637. The summed E-state index contributed by atoms with van der Waals surface area (Å²) >= 11 is 6.05. The highest BCUT2D eigenvalue weighted by Gasteiger charge is 2.20. The van der Waals surface area contributed by atoms with Crippen LogP contribution in [-0.2, 0) is 16.6 Å². The molecule has 0 fully saturated rings. The van der Waals surface area contributed by atoms with Gasteiger partial charge in [0.15, 0.2) is 0 Å². The maximum Gasteiger partial charge on any atom is 0.255 e. The predicted octanol–water partition coefficient (Wildman–Crippen LogP) is 3.67. The van der Waals surface area contributed by atoms with Gasteiger partial charge in [-0.15, -0.1) is 0 Å². The lowest BCUT2D eigenvalue weighted by atomic mass is 10.2. The number of hydrogen-bond donors (Lipinski definition) is 2. The van der Waals surface area contributed by atoms with Crippen LogP contribution in [0.2, 0.25) is 5.02 Å². The van der Waals surface area contributed by atoms with Gasteiger partial charge in [-0.25, -0.2) is 13.1 Å². The van der Waals surface area contributed by atoms with Crippen molar-refractivity contribution in [2.45, 2.75) is 11.4 Å². The fourth-order valence-electron chi connectivity index (χ4n) is 2.39. The number of furan rings is 1. The van der Waals surface area contributed by atoms with Crippen molar-refractivity contribution in [1.82, 2.24) is 4.72 Å². The van der Waals surface area contributed by atoms with Crippen LogP contribution < -0.4 is 14.8 Å².